The van der Waals surface area contributed by atoms with Gasteiger partial charge >= 0.3 is 13.7 Å². The van der Waals surface area contributed by atoms with Crippen LogP contribution < -0.4 is 5.32 Å². The molecule has 0 atom stereocenters. The molecule has 0 heterocycles. The van der Waals surface area contributed by atoms with E-state index in [0.717, 1.165) is 0 Å². The largest absolute Gasteiger partial charge is 0.444 e. The zero-order valence-corrected chi connectivity index (χ0v) is 15.9. The summed E-state index contributed by atoms with van der Waals surface area (Å²) in [5.74, 6) is 0. The number of allylic oxidation sites excluding steroid dienone is 1. The minimum atomic E-state index is -3.60. The van der Waals surface area contributed by atoms with E-state index in [1.807, 2.05) is 20.8 Å². The van der Waals surface area contributed by atoms with Gasteiger partial charge in [0.05, 0.1) is 13.2 Å². The monoisotopic (exact) mass is 335 g/mol. The number of carbonyl (C=O) groups excluding carboxylic acids is 1. The molecule has 1 amide bonds. The lowest BCUT2D eigenvalue weighted by Crippen LogP contribution is -2.33. The number of hydrogen-bond donors (Lipinski definition) is 1. The first-order valence-electron chi connectivity index (χ1n) is 7.45. The summed E-state index contributed by atoms with van der Waals surface area (Å²) in [7, 11) is -3.60. The number of amides is 1. The first kappa shape index (κ1) is 21.2. The van der Waals surface area contributed by atoms with E-state index in [4.69, 9.17) is 13.8 Å². The highest BCUT2D eigenvalue weighted by Gasteiger charge is 2.33. The van der Waals surface area contributed by atoms with Gasteiger partial charge in [0.2, 0.25) is 0 Å². The van der Waals surface area contributed by atoms with Gasteiger partial charge in [0.25, 0.3) is 0 Å². The summed E-state index contributed by atoms with van der Waals surface area (Å²) in [6, 6.07) is 0. The van der Waals surface area contributed by atoms with Crippen molar-refractivity contribution in [3.05, 3.63) is 11.5 Å². The van der Waals surface area contributed by atoms with Gasteiger partial charge in [0.1, 0.15) is 11.0 Å². The Bertz CT molecular complexity index is 436. The first-order chi connectivity index (χ1) is 9.83. The molecule has 0 spiro atoms. The number of ether oxygens (including phenoxy) is 1. The van der Waals surface area contributed by atoms with Crippen molar-refractivity contribution in [2.45, 2.75) is 61.0 Å². The number of rotatable bonds is 6. The molecule has 130 valence electrons. The Morgan fingerprint density at radius 3 is 1.82 bits per heavy atom. The molecule has 0 aromatic heterocycles. The molecule has 0 radical (unpaired) electrons. The fourth-order valence-corrected chi connectivity index (χ4v) is 3.32. The second-order valence-electron chi connectivity index (χ2n) is 6.86. The fourth-order valence-electron chi connectivity index (χ4n) is 1.52. The molecule has 0 fully saturated rings. The summed E-state index contributed by atoms with van der Waals surface area (Å²) in [5.41, 5.74) is -0.871. The van der Waals surface area contributed by atoms with Crippen LogP contribution in [0, 0.1) is 5.41 Å². The van der Waals surface area contributed by atoms with Crippen LogP contribution in [0.2, 0.25) is 0 Å². The highest BCUT2D eigenvalue weighted by Crippen LogP contribution is 2.55. The van der Waals surface area contributed by atoms with Crippen molar-refractivity contribution in [3.63, 3.8) is 0 Å². The number of hydrogen-bond acceptors (Lipinski definition) is 5. The van der Waals surface area contributed by atoms with Gasteiger partial charge in [0.15, 0.2) is 0 Å². The van der Waals surface area contributed by atoms with Crippen LogP contribution in [-0.2, 0) is 18.3 Å². The van der Waals surface area contributed by atoms with E-state index in [0.29, 0.717) is 0 Å². The van der Waals surface area contributed by atoms with Gasteiger partial charge in [-0.2, -0.15) is 0 Å². The highest BCUT2D eigenvalue weighted by atomic mass is 31.2. The van der Waals surface area contributed by atoms with Gasteiger partial charge in [-0.1, -0.05) is 20.8 Å². The first-order valence-corrected chi connectivity index (χ1v) is 9.00. The van der Waals surface area contributed by atoms with E-state index in [2.05, 4.69) is 5.32 Å². The summed E-state index contributed by atoms with van der Waals surface area (Å²) >= 11 is 0. The Balaban J connectivity index is 5.51. The molecule has 0 saturated heterocycles. The van der Waals surface area contributed by atoms with Crippen LogP contribution in [0.25, 0.3) is 0 Å². The van der Waals surface area contributed by atoms with Crippen LogP contribution in [-0.4, -0.2) is 24.9 Å². The molecule has 0 aromatic carbocycles. The molecule has 1 N–H and O–H groups in total. The van der Waals surface area contributed by atoms with Gasteiger partial charge in [-0.05, 0) is 46.1 Å². The maximum Gasteiger partial charge on any atom is 0.412 e. The topological polar surface area (TPSA) is 73.9 Å². The third-order valence-electron chi connectivity index (χ3n) is 2.09. The van der Waals surface area contributed by atoms with E-state index in [-0.39, 0.29) is 24.1 Å². The van der Waals surface area contributed by atoms with E-state index in [1.54, 1.807) is 40.7 Å². The third-order valence-corrected chi connectivity index (χ3v) is 4.12. The lowest BCUT2D eigenvalue weighted by molar-refractivity contribution is 0.0545. The Morgan fingerprint density at radius 2 is 1.50 bits per heavy atom. The number of alkyl carbamates (subject to hydrolysis) is 1. The summed E-state index contributed by atoms with van der Waals surface area (Å²) in [4.78, 5) is 12.0. The van der Waals surface area contributed by atoms with Crippen molar-refractivity contribution >= 4 is 13.7 Å². The summed E-state index contributed by atoms with van der Waals surface area (Å²) in [6.07, 6.45) is 0.978. The Kier molecular flexibility index (Phi) is 7.83. The fraction of sp³-hybridized carbons (Fsp3) is 0.800. The Hall–Kier alpha value is -0.840. The molecule has 0 saturated carbocycles. The molecule has 0 bridgehead atoms. The normalized spacial score (nSPS) is 13.9. The number of carbonyl (C=O) groups is 1. The van der Waals surface area contributed by atoms with Crippen molar-refractivity contribution < 1.29 is 23.1 Å². The van der Waals surface area contributed by atoms with E-state index >= 15 is 0 Å². The highest BCUT2D eigenvalue weighted by molar-refractivity contribution is 7.58. The number of nitrogens with one attached hydrogen (secondary N) is 1. The van der Waals surface area contributed by atoms with Gasteiger partial charge in [-0.3, -0.25) is 9.88 Å². The van der Waals surface area contributed by atoms with E-state index < -0.39 is 19.3 Å². The average Bonchev–Trinajstić information content (AvgIpc) is 2.24. The van der Waals surface area contributed by atoms with Gasteiger partial charge in [0, 0.05) is 0 Å². The van der Waals surface area contributed by atoms with Crippen molar-refractivity contribution in [3.8, 4) is 0 Å². The molecule has 0 rings (SSSR count). The smallest absolute Gasteiger partial charge is 0.412 e. The van der Waals surface area contributed by atoms with Gasteiger partial charge in [-0.15, -0.1) is 0 Å². The second kappa shape index (κ2) is 8.14. The summed E-state index contributed by atoms with van der Waals surface area (Å²) in [5, 5.41) is 2.53. The molecular formula is C15H30NO5P. The van der Waals surface area contributed by atoms with Gasteiger partial charge < -0.3 is 13.8 Å². The molecule has 0 aliphatic heterocycles. The summed E-state index contributed by atoms with van der Waals surface area (Å²) < 4.78 is 28.7. The van der Waals surface area contributed by atoms with Crippen molar-refractivity contribution in [2.24, 2.45) is 5.41 Å². The maximum absolute atomic E-state index is 12.9. The SMILES string of the molecule is CCOP(=O)(OCC)/C(=C/C(C)(C)C)NC(=O)OC(C)(C)C. The molecule has 0 unspecified atom stereocenters. The molecular weight excluding hydrogens is 305 g/mol. The lowest BCUT2D eigenvalue weighted by atomic mass is 9.97. The predicted octanol–water partition coefficient (Wildman–Crippen LogP) is 4.66. The zero-order chi connectivity index (χ0) is 17.6. The van der Waals surface area contributed by atoms with Crippen LogP contribution in [0.4, 0.5) is 4.79 Å². The Labute approximate surface area is 134 Å². The molecule has 0 aliphatic rings. The predicted molar refractivity (Wildman–Crippen MR) is 87.8 cm³/mol. The lowest BCUT2D eigenvalue weighted by Gasteiger charge is -2.25. The Morgan fingerprint density at radius 1 is 1.05 bits per heavy atom. The van der Waals surface area contributed by atoms with Crippen molar-refractivity contribution in [1.82, 2.24) is 5.32 Å². The molecule has 6 nitrogen and oxygen atoms in total. The van der Waals surface area contributed by atoms with Crippen molar-refractivity contribution in [2.75, 3.05) is 13.2 Å². The van der Waals surface area contributed by atoms with Crippen LogP contribution in [0.5, 0.6) is 0 Å². The van der Waals surface area contributed by atoms with Crippen LogP contribution >= 0.6 is 7.60 Å². The van der Waals surface area contributed by atoms with Crippen LogP contribution in [0.15, 0.2) is 11.5 Å². The minimum Gasteiger partial charge on any atom is -0.444 e. The average molecular weight is 335 g/mol. The van der Waals surface area contributed by atoms with Crippen molar-refractivity contribution in [1.29, 1.82) is 0 Å². The molecule has 22 heavy (non-hydrogen) atoms. The quantitative estimate of drug-likeness (QED) is 0.714. The van der Waals surface area contributed by atoms with Crippen LogP contribution in [0.3, 0.4) is 0 Å². The van der Waals surface area contributed by atoms with E-state index in [9.17, 15) is 9.36 Å². The van der Waals surface area contributed by atoms with Crippen LogP contribution in [0.1, 0.15) is 55.4 Å². The molecule has 7 heteroatoms. The molecule has 0 aliphatic carbocycles. The minimum absolute atomic E-state index is 0.109. The molecule has 0 aromatic rings. The zero-order valence-electron chi connectivity index (χ0n) is 15.0. The second-order valence-corrected chi connectivity index (χ2v) is 8.85. The maximum atomic E-state index is 12.9. The summed E-state index contributed by atoms with van der Waals surface area (Å²) in [6.45, 7) is 14.9. The van der Waals surface area contributed by atoms with E-state index in [1.165, 1.54) is 0 Å². The van der Waals surface area contributed by atoms with Gasteiger partial charge in [-0.25, -0.2) is 4.79 Å². The standard InChI is InChI=1S/C15H30NO5P/c1-9-19-22(18,20-10-2)12(11-14(3,4)5)16-13(17)21-15(6,7)8/h11H,9-10H2,1-8H3,(H,16,17)/b12-11+. The third kappa shape index (κ3) is 8.57.